The molecule has 2 aromatic rings. The van der Waals surface area contributed by atoms with Crippen molar-refractivity contribution in [3.8, 4) is 11.6 Å². The molecule has 4 aliphatic rings. The number of methoxy groups -OCH3 is 1. The number of ether oxygens (including phenoxy) is 2. The number of nitrogens with zero attached hydrogens (tertiary/aromatic N) is 3. The zero-order chi connectivity index (χ0) is 25.5. The van der Waals surface area contributed by atoms with Crippen LogP contribution in [0.25, 0.3) is 0 Å². The Balaban J connectivity index is 1.10. The summed E-state index contributed by atoms with van der Waals surface area (Å²) in [4.78, 5) is 45.3. The summed E-state index contributed by atoms with van der Waals surface area (Å²) in [6.45, 7) is 2.35. The van der Waals surface area contributed by atoms with Crippen molar-refractivity contribution in [3.63, 3.8) is 0 Å². The number of hydrogen-bond acceptors (Lipinski definition) is 7. The van der Waals surface area contributed by atoms with Gasteiger partial charge in [-0.2, -0.15) is 0 Å². The summed E-state index contributed by atoms with van der Waals surface area (Å²) in [6.07, 6.45) is 7.10. The van der Waals surface area contributed by atoms with E-state index in [-0.39, 0.29) is 24.3 Å². The van der Waals surface area contributed by atoms with Crippen LogP contribution in [-0.2, 0) is 16.1 Å². The van der Waals surface area contributed by atoms with Crippen LogP contribution in [0, 0.1) is 0 Å². The maximum Gasteiger partial charge on any atom is 0.255 e. The minimum Gasteiger partial charge on any atom is -0.489 e. The summed E-state index contributed by atoms with van der Waals surface area (Å²) in [6, 6.07) is 9.42. The average molecular weight is 505 g/mol. The van der Waals surface area contributed by atoms with E-state index in [9.17, 15) is 14.4 Å². The third-order valence-corrected chi connectivity index (χ3v) is 8.27. The zero-order valence-electron chi connectivity index (χ0n) is 21.0. The number of imide groups is 1. The summed E-state index contributed by atoms with van der Waals surface area (Å²) in [5.41, 5.74) is 2.72. The van der Waals surface area contributed by atoms with Crippen molar-refractivity contribution in [3.05, 3.63) is 53.2 Å². The van der Waals surface area contributed by atoms with Gasteiger partial charge in [-0.3, -0.25) is 24.6 Å². The van der Waals surface area contributed by atoms with Crippen molar-refractivity contribution < 1.29 is 23.9 Å². The first-order chi connectivity index (χ1) is 18.0. The van der Waals surface area contributed by atoms with E-state index >= 15 is 0 Å². The normalized spacial score (nSPS) is 26.5. The topological polar surface area (TPSA) is 101 Å². The Labute approximate surface area is 216 Å². The van der Waals surface area contributed by atoms with E-state index in [4.69, 9.17) is 9.47 Å². The molecule has 2 saturated heterocycles. The lowest BCUT2D eigenvalue weighted by Gasteiger charge is -2.48. The van der Waals surface area contributed by atoms with Gasteiger partial charge < -0.3 is 14.4 Å². The molecule has 1 saturated carbocycles. The number of carbonyl (C=O) groups is 3. The van der Waals surface area contributed by atoms with Crippen LogP contribution < -0.4 is 14.8 Å². The maximum absolute atomic E-state index is 13.0. The number of amides is 3. The van der Waals surface area contributed by atoms with Crippen LogP contribution in [0.5, 0.6) is 11.6 Å². The molecule has 0 bridgehead atoms. The average Bonchev–Trinajstić information content (AvgIpc) is 3.20. The van der Waals surface area contributed by atoms with Gasteiger partial charge in [0.15, 0.2) is 0 Å². The van der Waals surface area contributed by atoms with E-state index in [2.05, 4.69) is 21.3 Å². The molecule has 0 radical (unpaired) electrons. The molecule has 6 rings (SSSR count). The fourth-order valence-corrected chi connectivity index (χ4v) is 6.18. The highest BCUT2D eigenvalue weighted by molar-refractivity contribution is 6.05. The number of piperidine rings is 1. The van der Waals surface area contributed by atoms with E-state index < -0.39 is 11.9 Å². The summed E-state index contributed by atoms with van der Waals surface area (Å²) < 4.78 is 11.7. The molecule has 194 valence electrons. The molecule has 3 unspecified atom stereocenters. The molecular weight excluding hydrogens is 472 g/mol. The van der Waals surface area contributed by atoms with Gasteiger partial charge in [0.1, 0.15) is 17.9 Å². The Hall–Kier alpha value is -3.46. The van der Waals surface area contributed by atoms with E-state index in [1.807, 2.05) is 30.5 Å². The monoisotopic (exact) mass is 504 g/mol. The second-order valence-electron chi connectivity index (χ2n) is 10.5. The van der Waals surface area contributed by atoms with Gasteiger partial charge in [0, 0.05) is 55.8 Å². The molecule has 1 aliphatic carbocycles. The van der Waals surface area contributed by atoms with E-state index in [0.29, 0.717) is 36.4 Å². The number of carbonyl (C=O) groups excluding carboxylic acids is 3. The van der Waals surface area contributed by atoms with Crippen molar-refractivity contribution in [1.82, 2.24) is 20.1 Å². The van der Waals surface area contributed by atoms with Gasteiger partial charge in [-0.25, -0.2) is 4.98 Å². The third kappa shape index (κ3) is 4.56. The molecule has 4 heterocycles. The lowest BCUT2D eigenvalue weighted by atomic mass is 9.85. The fourth-order valence-electron chi connectivity index (χ4n) is 6.18. The van der Waals surface area contributed by atoms with Gasteiger partial charge in [-0.1, -0.05) is 12.5 Å². The van der Waals surface area contributed by atoms with Crippen molar-refractivity contribution in [2.75, 3.05) is 20.2 Å². The molecule has 37 heavy (non-hydrogen) atoms. The van der Waals surface area contributed by atoms with Crippen LogP contribution >= 0.6 is 0 Å². The molecule has 3 atom stereocenters. The Bertz CT molecular complexity index is 1210. The quantitative estimate of drug-likeness (QED) is 0.604. The fraction of sp³-hybridized carbons (Fsp3) is 0.500. The Morgan fingerprint density at radius 2 is 1.86 bits per heavy atom. The predicted octanol–water partition coefficient (Wildman–Crippen LogP) is 2.64. The van der Waals surface area contributed by atoms with Gasteiger partial charge in [0.05, 0.1) is 7.11 Å². The minimum absolute atomic E-state index is 0.102. The van der Waals surface area contributed by atoms with E-state index in [0.717, 1.165) is 43.7 Å². The summed E-state index contributed by atoms with van der Waals surface area (Å²) in [7, 11) is 1.63. The number of fused-ring (bicyclic) bond motifs is 1. The minimum atomic E-state index is -0.607. The number of rotatable bonds is 6. The molecule has 3 fully saturated rings. The van der Waals surface area contributed by atoms with Gasteiger partial charge in [-0.05, 0) is 55.0 Å². The first-order valence-corrected chi connectivity index (χ1v) is 13.2. The second-order valence-corrected chi connectivity index (χ2v) is 10.5. The first-order valence-electron chi connectivity index (χ1n) is 13.2. The number of benzene rings is 1. The number of aromatic nitrogens is 1. The number of nitrogens with one attached hydrogen (secondary N) is 1. The van der Waals surface area contributed by atoms with E-state index in [1.54, 1.807) is 12.0 Å². The summed E-state index contributed by atoms with van der Waals surface area (Å²) in [5.74, 6) is 1.05. The van der Waals surface area contributed by atoms with Crippen LogP contribution in [0.15, 0.2) is 36.5 Å². The van der Waals surface area contributed by atoms with Gasteiger partial charge in [0.2, 0.25) is 17.7 Å². The third-order valence-electron chi connectivity index (χ3n) is 8.27. The molecular formula is C28H32N4O5. The van der Waals surface area contributed by atoms with Crippen LogP contribution in [0.2, 0.25) is 0 Å². The van der Waals surface area contributed by atoms with Crippen molar-refractivity contribution in [2.24, 2.45) is 0 Å². The van der Waals surface area contributed by atoms with Gasteiger partial charge in [-0.15, -0.1) is 0 Å². The number of pyridine rings is 1. The Morgan fingerprint density at radius 1 is 1.03 bits per heavy atom. The molecule has 0 spiro atoms. The molecule has 9 heteroatoms. The van der Waals surface area contributed by atoms with Gasteiger partial charge >= 0.3 is 0 Å². The first kappa shape index (κ1) is 23.9. The molecule has 1 aromatic carbocycles. The molecule has 9 nitrogen and oxygen atoms in total. The highest BCUT2D eigenvalue weighted by Crippen LogP contribution is 2.36. The highest BCUT2D eigenvalue weighted by atomic mass is 16.5. The SMILES string of the molecule is COc1ccc(C2CN(C3CCCCC3Oc3ccc4c(c3)CN(C3CCC(=O)NC3=O)C4=O)C2)cn1. The second kappa shape index (κ2) is 9.78. The van der Waals surface area contributed by atoms with E-state index in [1.165, 1.54) is 12.0 Å². The summed E-state index contributed by atoms with van der Waals surface area (Å²) in [5, 5.41) is 2.35. The molecule has 3 amide bonds. The van der Waals surface area contributed by atoms with Crippen molar-refractivity contribution in [1.29, 1.82) is 0 Å². The zero-order valence-corrected chi connectivity index (χ0v) is 21.0. The lowest BCUT2D eigenvalue weighted by Crippen LogP contribution is -2.57. The highest BCUT2D eigenvalue weighted by Gasteiger charge is 2.41. The van der Waals surface area contributed by atoms with Crippen LogP contribution in [0.1, 0.15) is 65.9 Å². The standard InChI is InChI=1S/C28H32N4O5/c1-36-26-11-6-17(13-29-26)19-14-31(15-19)22-4-2-3-5-24(22)37-20-7-8-21-18(12-20)16-32(28(21)35)23-9-10-25(33)30-27(23)34/h6-8,11-13,19,22-24H,2-5,9-10,14-16H2,1H3,(H,30,33,34). The largest absolute Gasteiger partial charge is 0.489 e. The lowest BCUT2D eigenvalue weighted by molar-refractivity contribution is -0.136. The van der Waals surface area contributed by atoms with Crippen LogP contribution in [0.3, 0.4) is 0 Å². The smallest absolute Gasteiger partial charge is 0.255 e. The number of hydrogen-bond donors (Lipinski definition) is 1. The van der Waals surface area contributed by atoms with Crippen LogP contribution in [-0.4, -0.2) is 70.9 Å². The molecule has 1 aromatic heterocycles. The summed E-state index contributed by atoms with van der Waals surface area (Å²) >= 11 is 0. The van der Waals surface area contributed by atoms with Crippen molar-refractivity contribution >= 4 is 17.7 Å². The Morgan fingerprint density at radius 3 is 2.62 bits per heavy atom. The maximum atomic E-state index is 13.0. The van der Waals surface area contributed by atoms with Crippen molar-refractivity contribution in [2.45, 2.75) is 69.2 Å². The number of likely N-dealkylation sites (tertiary alicyclic amines) is 1. The molecule has 1 N–H and O–H groups in total. The predicted molar refractivity (Wildman–Crippen MR) is 134 cm³/mol. The Kier molecular flexibility index (Phi) is 6.32. The van der Waals surface area contributed by atoms with Gasteiger partial charge in [0.25, 0.3) is 5.91 Å². The molecule has 3 aliphatic heterocycles. The van der Waals surface area contributed by atoms with Crippen LogP contribution in [0.4, 0.5) is 0 Å².